The number of nitrogens with zero attached hydrogens (tertiary/aromatic N) is 2. The maximum Gasteiger partial charge on any atom is 0.375 e. The third kappa shape index (κ3) is 5.05. The average molecular weight is 419 g/mol. The summed E-state index contributed by atoms with van der Waals surface area (Å²) < 4.78 is 25.8. The van der Waals surface area contributed by atoms with Crippen molar-refractivity contribution in [2.24, 2.45) is 0 Å². The molecule has 2 heterocycles. The fourth-order valence-corrected chi connectivity index (χ4v) is 2.93. The Balaban J connectivity index is 1.50. The number of rotatable bonds is 7. The molecule has 0 saturated carbocycles. The minimum Gasteiger partial charge on any atom is -0.452 e. The van der Waals surface area contributed by atoms with Crippen molar-refractivity contribution in [3.8, 4) is 0 Å². The van der Waals surface area contributed by atoms with E-state index in [-0.39, 0.29) is 5.76 Å². The van der Waals surface area contributed by atoms with Gasteiger partial charge in [-0.05, 0) is 42.5 Å². The number of esters is 1. The maximum absolute atomic E-state index is 13.1. The first-order valence-corrected chi connectivity index (χ1v) is 9.47. The Morgan fingerprint density at radius 2 is 1.81 bits per heavy atom. The molecular formula is C23H18FN3O4. The number of amides is 1. The van der Waals surface area contributed by atoms with Crippen LogP contribution >= 0.6 is 0 Å². The third-order valence-electron chi connectivity index (χ3n) is 4.42. The van der Waals surface area contributed by atoms with Gasteiger partial charge in [-0.2, -0.15) is 5.10 Å². The lowest BCUT2D eigenvalue weighted by Gasteiger charge is -2.17. The number of benzene rings is 2. The Kier molecular flexibility index (Phi) is 5.89. The van der Waals surface area contributed by atoms with Crippen molar-refractivity contribution in [1.82, 2.24) is 9.78 Å². The highest BCUT2D eigenvalue weighted by molar-refractivity contribution is 5.97. The van der Waals surface area contributed by atoms with E-state index in [4.69, 9.17) is 9.15 Å². The van der Waals surface area contributed by atoms with E-state index in [2.05, 4.69) is 10.4 Å². The molecule has 156 valence electrons. The molecule has 8 heteroatoms. The van der Waals surface area contributed by atoms with Crippen molar-refractivity contribution in [2.75, 3.05) is 5.32 Å². The Labute approximate surface area is 177 Å². The number of hydrogen-bond acceptors (Lipinski definition) is 5. The monoisotopic (exact) mass is 419 g/mol. The number of anilines is 1. The van der Waals surface area contributed by atoms with E-state index in [0.29, 0.717) is 23.6 Å². The lowest BCUT2D eigenvalue weighted by Crippen LogP contribution is -2.25. The van der Waals surface area contributed by atoms with Gasteiger partial charge in [0.2, 0.25) is 11.9 Å². The van der Waals surface area contributed by atoms with Crippen molar-refractivity contribution in [1.29, 1.82) is 0 Å². The Bertz CT molecular complexity index is 1160. The van der Waals surface area contributed by atoms with Crippen LogP contribution in [0.1, 0.15) is 28.0 Å². The summed E-state index contributed by atoms with van der Waals surface area (Å²) in [7, 11) is 0. The van der Waals surface area contributed by atoms with Crippen LogP contribution in [0.5, 0.6) is 0 Å². The van der Waals surface area contributed by atoms with Crippen LogP contribution < -0.4 is 5.32 Å². The zero-order valence-electron chi connectivity index (χ0n) is 16.3. The molecule has 1 atom stereocenters. The number of furan rings is 1. The van der Waals surface area contributed by atoms with E-state index < -0.39 is 23.8 Å². The molecule has 0 aliphatic rings. The van der Waals surface area contributed by atoms with Crippen LogP contribution in [0, 0.1) is 5.82 Å². The van der Waals surface area contributed by atoms with Gasteiger partial charge in [0.25, 0.3) is 5.91 Å². The molecule has 0 bridgehead atoms. The first-order valence-electron chi connectivity index (χ1n) is 9.47. The normalized spacial score (nSPS) is 11.6. The molecule has 1 N–H and O–H groups in total. The molecule has 31 heavy (non-hydrogen) atoms. The van der Waals surface area contributed by atoms with E-state index in [0.717, 1.165) is 0 Å². The van der Waals surface area contributed by atoms with Crippen LogP contribution in [-0.4, -0.2) is 21.7 Å². The molecule has 0 aliphatic carbocycles. The summed E-state index contributed by atoms with van der Waals surface area (Å²) >= 11 is 0. The van der Waals surface area contributed by atoms with E-state index in [1.165, 1.54) is 30.3 Å². The van der Waals surface area contributed by atoms with Gasteiger partial charge < -0.3 is 14.5 Å². The molecular weight excluding hydrogens is 401 g/mol. The van der Waals surface area contributed by atoms with Gasteiger partial charge in [-0.1, -0.05) is 30.3 Å². The van der Waals surface area contributed by atoms with Gasteiger partial charge in [0.05, 0.1) is 6.54 Å². The number of halogens is 1. The number of nitrogens with one attached hydrogen (secondary N) is 1. The van der Waals surface area contributed by atoms with Gasteiger partial charge >= 0.3 is 5.97 Å². The van der Waals surface area contributed by atoms with Gasteiger partial charge in [0, 0.05) is 23.6 Å². The number of aromatic nitrogens is 2. The van der Waals surface area contributed by atoms with Crippen molar-refractivity contribution >= 4 is 17.6 Å². The molecule has 0 radical (unpaired) electrons. The molecule has 0 saturated heterocycles. The summed E-state index contributed by atoms with van der Waals surface area (Å²) in [6.07, 6.45) is 2.19. The molecule has 4 rings (SSSR count). The number of hydrogen-bond donors (Lipinski definition) is 1. The Morgan fingerprint density at radius 1 is 1.03 bits per heavy atom. The van der Waals surface area contributed by atoms with E-state index >= 15 is 0 Å². The average Bonchev–Trinajstić information content (AvgIpc) is 3.47. The topological polar surface area (TPSA) is 86.4 Å². The number of carbonyl (C=O) groups is 2. The van der Waals surface area contributed by atoms with Crippen molar-refractivity contribution < 1.29 is 23.1 Å². The maximum atomic E-state index is 13.1. The fourth-order valence-electron chi connectivity index (χ4n) is 2.93. The Hall–Kier alpha value is -4.20. The lowest BCUT2D eigenvalue weighted by molar-refractivity contribution is -0.125. The number of ether oxygens (including phenoxy) is 1. The van der Waals surface area contributed by atoms with Crippen LogP contribution in [0.3, 0.4) is 0 Å². The minimum absolute atomic E-state index is 0.0299. The van der Waals surface area contributed by atoms with E-state index in [1.54, 1.807) is 59.5 Å². The van der Waals surface area contributed by atoms with Gasteiger partial charge in [-0.15, -0.1) is 0 Å². The van der Waals surface area contributed by atoms with Gasteiger partial charge in [0.15, 0.2) is 0 Å². The quantitative estimate of drug-likeness (QED) is 0.454. The lowest BCUT2D eigenvalue weighted by atomic mass is 10.1. The van der Waals surface area contributed by atoms with Crippen LogP contribution in [0.4, 0.5) is 10.1 Å². The molecule has 0 spiro atoms. The first-order chi connectivity index (χ1) is 15.1. The summed E-state index contributed by atoms with van der Waals surface area (Å²) in [5, 5.41) is 6.72. The van der Waals surface area contributed by atoms with Gasteiger partial charge in [-0.3, -0.25) is 9.48 Å². The Morgan fingerprint density at radius 3 is 2.52 bits per heavy atom. The molecule has 1 unspecified atom stereocenters. The second-order valence-electron chi connectivity index (χ2n) is 6.66. The van der Waals surface area contributed by atoms with Gasteiger partial charge in [0.1, 0.15) is 11.6 Å². The molecule has 2 aromatic heterocycles. The highest BCUT2D eigenvalue weighted by Crippen LogP contribution is 2.23. The summed E-state index contributed by atoms with van der Waals surface area (Å²) in [4.78, 5) is 25.5. The van der Waals surface area contributed by atoms with Crippen molar-refractivity contribution in [3.05, 3.63) is 108 Å². The second-order valence-corrected chi connectivity index (χ2v) is 6.66. The largest absolute Gasteiger partial charge is 0.452 e. The van der Waals surface area contributed by atoms with E-state index in [1.807, 2.05) is 0 Å². The zero-order valence-corrected chi connectivity index (χ0v) is 16.3. The highest BCUT2D eigenvalue weighted by atomic mass is 19.1. The van der Waals surface area contributed by atoms with Crippen LogP contribution in [-0.2, 0) is 16.1 Å². The first kappa shape index (κ1) is 20.1. The van der Waals surface area contributed by atoms with Crippen molar-refractivity contribution in [3.63, 3.8) is 0 Å². The summed E-state index contributed by atoms with van der Waals surface area (Å²) in [6, 6.07) is 18.8. The molecule has 4 aromatic rings. The smallest absolute Gasteiger partial charge is 0.375 e. The van der Waals surface area contributed by atoms with Crippen molar-refractivity contribution in [2.45, 2.75) is 12.6 Å². The highest BCUT2D eigenvalue weighted by Gasteiger charge is 2.27. The molecule has 0 aliphatic heterocycles. The summed E-state index contributed by atoms with van der Waals surface area (Å²) in [5.74, 6) is -1.29. The molecule has 0 fully saturated rings. The van der Waals surface area contributed by atoms with Gasteiger partial charge in [-0.25, -0.2) is 9.18 Å². The zero-order chi connectivity index (χ0) is 21.6. The van der Waals surface area contributed by atoms with Crippen LogP contribution in [0.2, 0.25) is 0 Å². The van der Waals surface area contributed by atoms with Crippen LogP contribution in [0.25, 0.3) is 0 Å². The second kappa shape index (κ2) is 9.08. The fraction of sp³-hybridized carbons (Fsp3) is 0.0870. The SMILES string of the molecule is O=C(OC(C(=O)Nc1ccc(F)cc1)c1ccccc1)c1ccc(Cn2cccn2)o1. The predicted molar refractivity (Wildman–Crippen MR) is 110 cm³/mol. The summed E-state index contributed by atoms with van der Waals surface area (Å²) in [6.45, 7) is 0.355. The number of carbonyl (C=O) groups excluding carboxylic acids is 2. The minimum atomic E-state index is -1.22. The van der Waals surface area contributed by atoms with Crippen LogP contribution in [0.15, 0.2) is 89.6 Å². The standard InChI is InChI=1S/C23H18FN3O4/c24-17-7-9-18(10-8-17)26-22(28)21(16-5-2-1-3-6-16)31-23(29)20-12-11-19(30-20)15-27-14-4-13-25-27/h1-14,21H,15H2,(H,26,28). The molecule has 1 amide bonds. The molecule has 2 aromatic carbocycles. The van der Waals surface area contributed by atoms with E-state index in [9.17, 15) is 14.0 Å². The third-order valence-corrected chi connectivity index (χ3v) is 4.42. The summed E-state index contributed by atoms with van der Waals surface area (Å²) in [5.41, 5.74) is 0.863. The molecule has 7 nitrogen and oxygen atoms in total. The predicted octanol–water partition coefficient (Wildman–Crippen LogP) is 4.20.